The van der Waals surface area contributed by atoms with Gasteiger partial charge in [-0.3, -0.25) is 14.9 Å². The van der Waals surface area contributed by atoms with Crippen LogP contribution in [0.3, 0.4) is 0 Å². The van der Waals surface area contributed by atoms with E-state index in [0.29, 0.717) is 0 Å². The van der Waals surface area contributed by atoms with E-state index in [1.165, 1.54) is 13.1 Å². The first-order valence-corrected chi connectivity index (χ1v) is 4.28. The van der Waals surface area contributed by atoms with Gasteiger partial charge >= 0.3 is 5.97 Å². The number of nitrogens with zero attached hydrogens (tertiary/aromatic N) is 2. The number of nitro groups is 1. The van der Waals surface area contributed by atoms with Gasteiger partial charge in [-0.05, 0) is 6.07 Å². The summed E-state index contributed by atoms with van der Waals surface area (Å²) in [7, 11) is 1.39. The van der Waals surface area contributed by atoms with Crippen molar-refractivity contribution in [3.8, 4) is 0 Å². The van der Waals surface area contributed by atoms with Gasteiger partial charge in [-0.25, -0.2) is 4.39 Å². The summed E-state index contributed by atoms with van der Waals surface area (Å²) >= 11 is 0. The Morgan fingerprint density at radius 2 is 2.25 bits per heavy atom. The van der Waals surface area contributed by atoms with Gasteiger partial charge in [0, 0.05) is 13.1 Å². The lowest BCUT2D eigenvalue weighted by molar-refractivity contribution is -0.385. The van der Waals surface area contributed by atoms with Gasteiger partial charge in [-0.2, -0.15) is 0 Å². The lowest BCUT2D eigenvalue weighted by Gasteiger charge is -2.16. The van der Waals surface area contributed by atoms with Gasteiger partial charge in [0.15, 0.2) is 5.82 Å². The summed E-state index contributed by atoms with van der Waals surface area (Å²) in [4.78, 5) is 21.2. The second kappa shape index (κ2) is 4.56. The van der Waals surface area contributed by atoms with Crippen LogP contribution in [0.25, 0.3) is 0 Å². The number of benzene rings is 1. The molecule has 16 heavy (non-hydrogen) atoms. The van der Waals surface area contributed by atoms with Crippen molar-refractivity contribution in [2.75, 3.05) is 18.5 Å². The van der Waals surface area contributed by atoms with E-state index in [1.54, 1.807) is 0 Å². The molecule has 0 atom stereocenters. The number of rotatable bonds is 4. The number of anilines is 1. The molecule has 6 nitrogen and oxygen atoms in total. The first-order valence-electron chi connectivity index (χ1n) is 4.28. The molecule has 0 heterocycles. The number of carboxylic acid groups (broad SMARTS) is 1. The Labute approximate surface area is 90.1 Å². The van der Waals surface area contributed by atoms with Crippen LogP contribution in [0, 0.1) is 15.9 Å². The maximum Gasteiger partial charge on any atom is 0.323 e. The minimum absolute atomic E-state index is 0.00741. The fourth-order valence-corrected chi connectivity index (χ4v) is 1.21. The number of hydrogen-bond donors (Lipinski definition) is 1. The minimum Gasteiger partial charge on any atom is -0.480 e. The monoisotopic (exact) mass is 228 g/mol. The van der Waals surface area contributed by atoms with Crippen LogP contribution in [0.1, 0.15) is 0 Å². The number of non-ortho nitro benzene ring substituents is 1. The van der Waals surface area contributed by atoms with E-state index in [4.69, 9.17) is 5.11 Å². The molecule has 1 aromatic carbocycles. The Morgan fingerprint density at radius 1 is 1.62 bits per heavy atom. The summed E-state index contributed by atoms with van der Waals surface area (Å²) in [5, 5.41) is 18.8. The number of halogens is 1. The number of nitro benzene ring substituents is 1. The molecule has 0 aliphatic carbocycles. The Kier molecular flexibility index (Phi) is 3.39. The number of carbonyl (C=O) groups is 1. The van der Waals surface area contributed by atoms with Gasteiger partial charge in [0.25, 0.3) is 5.69 Å². The van der Waals surface area contributed by atoms with Crippen LogP contribution in [0.4, 0.5) is 15.8 Å². The predicted molar refractivity (Wildman–Crippen MR) is 54.0 cm³/mol. The molecule has 0 radical (unpaired) electrons. The minimum atomic E-state index is -1.11. The van der Waals surface area contributed by atoms with Crippen molar-refractivity contribution < 1.29 is 19.2 Å². The lowest BCUT2D eigenvalue weighted by atomic mass is 10.2. The third kappa shape index (κ3) is 2.66. The van der Waals surface area contributed by atoms with Crippen LogP contribution in [-0.4, -0.2) is 29.6 Å². The summed E-state index contributed by atoms with van der Waals surface area (Å²) in [6.07, 6.45) is 0. The lowest BCUT2D eigenvalue weighted by Crippen LogP contribution is -2.25. The van der Waals surface area contributed by atoms with Crippen molar-refractivity contribution in [3.05, 3.63) is 34.1 Å². The van der Waals surface area contributed by atoms with E-state index in [0.717, 1.165) is 17.0 Å². The van der Waals surface area contributed by atoms with Crippen molar-refractivity contribution in [2.45, 2.75) is 0 Å². The number of likely N-dealkylation sites (N-methyl/N-ethyl adjacent to an activating group) is 1. The highest BCUT2D eigenvalue weighted by atomic mass is 19.1. The normalized spacial score (nSPS) is 9.88. The molecular formula is C9H9FN2O4. The maximum atomic E-state index is 13.4. The third-order valence-electron chi connectivity index (χ3n) is 1.93. The first-order chi connectivity index (χ1) is 7.41. The van der Waals surface area contributed by atoms with Crippen molar-refractivity contribution in [1.82, 2.24) is 0 Å². The molecule has 0 aliphatic rings. The Balaban J connectivity index is 2.98. The van der Waals surface area contributed by atoms with E-state index >= 15 is 0 Å². The highest BCUT2D eigenvalue weighted by Crippen LogP contribution is 2.22. The van der Waals surface area contributed by atoms with Crippen molar-refractivity contribution >= 4 is 17.3 Å². The molecule has 1 aromatic rings. The Morgan fingerprint density at radius 3 is 2.69 bits per heavy atom. The average molecular weight is 228 g/mol. The standard InChI is InChI=1S/C9H9FN2O4/c1-11(5-9(13)14)8-3-2-6(12(15)16)4-7(8)10/h2-4H,5H2,1H3,(H,13,14). The second-order valence-electron chi connectivity index (χ2n) is 3.14. The fraction of sp³-hybridized carbons (Fsp3) is 0.222. The highest BCUT2D eigenvalue weighted by molar-refractivity contribution is 5.73. The summed E-state index contributed by atoms with van der Waals surface area (Å²) in [5.74, 6) is -1.93. The summed E-state index contributed by atoms with van der Waals surface area (Å²) in [6.45, 7) is -0.380. The average Bonchev–Trinajstić information content (AvgIpc) is 2.15. The van der Waals surface area contributed by atoms with E-state index in [2.05, 4.69) is 0 Å². The molecule has 0 aliphatic heterocycles. The van der Waals surface area contributed by atoms with E-state index in [1.807, 2.05) is 0 Å². The van der Waals surface area contributed by atoms with Crippen LogP contribution >= 0.6 is 0 Å². The fourth-order valence-electron chi connectivity index (χ4n) is 1.21. The van der Waals surface area contributed by atoms with Crippen LogP contribution in [0.5, 0.6) is 0 Å². The largest absolute Gasteiger partial charge is 0.480 e. The molecule has 1 rings (SSSR count). The Bertz CT molecular complexity index is 436. The zero-order valence-corrected chi connectivity index (χ0v) is 8.38. The molecule has 0 amide bonds. The molecule has 0 fully saturated rings. The topological polar surface area (TPSA) is 83.7 Å². The highest BCUT2D eigenvalue weighted by Gasteiger charge is 2.14. The van der Waals surface area contributed by atoms with Gasteiger partial charge in [-0.1, -0.05) is 0 Å². The van der Waals surface area contributed by atoms with Crippen LogP contribution in [0.15, 0.2) is 18.2 Å². The maximum absolute atomic E-state index is 13.4. The summed E-state index contributed by atoms with van der Waals surface area (Å²) < 4.78 is 13.4. The van der Waals surface area contributed by atoms with Gasteiger partial charge in [0.1, 0.15) is 6.54 Å². The van der Waals surface area contributed by atoms with Crippen LogP contribution < -0.4 is 4.90 Å². The molecule has 0 bridgehead atoms. The van der Waals surface area contributed by atoms with Gasteiger partial charge in [0.05, 0.1) is 16.7 Å². The second-order valence-corrected chi connectivity index (χ2v) is 3.14. The van der Waals surface area contributed by atoms with E-state index in [-0.39, 0.29) is 17.9 Å². The number of aliphatic carboxylic acids is 1. The summed E-state index contributed by atoms with van der Waals surface area (Å²) in [6, 6.07) is 3.06. The molecular weight excluding hydrogens is 219 g/mol. The number of carboxylic acids is 1. The zero-order chi connectivity index (χ0) is 12.3. The molecule has 0 spiro atoms. The van der Waals surface area contributed by atoms with Crippen molar-refractivity contribution in [2.24, 2.45) is 0 Å². The Hall–Kier alpha value is -2.18. The van der Waals surface area contributed by atoms with E-state index < -0.39 is 16.7 Å². The molecule has 1 N–H and O–H groups in total. The van der Waals surface area contributed by atoms with Gasteiger partial charge in [0.2, 0.25) is 0 Å². The van der Waals surface area contributed by atoms with Crippen LogP contribution in [0.2, 0.25) is 0 Å². The molecule has 0 aromatic heterocycles. The molecule has 0 saturated heterocycles. The van der Waals surface area contributed by atoms with Gasteiger partial charge in [-0.15, -0.1) is 0 Å². The van der Waals surface area contributed by atoms with Crippen molar-refractivity contribution in [3.63, 3.8) is 0 Å². The summed E-state index contributed by atoms with van der Waals surface area (Å²) in [5.41, 5.74) is -0.363. The first kappa shape index (κ1) is 11.9. The van der Waals surface area contributed by atoms with Gasteiger partial charge < -0.3 is 10.0 Å². The van der Waals surface area contributed by atoms with Crippen molar-refractivity contribution in [1.29, 1.82) is 0 Å². The SMILES string of the molecule is CN(CC(=O)O)c1ccc([N+](=O)[O-])cc1F. The van der Waals surface area contributed by atoms with Crippen LogP contribution in [-0.2, 0) is 4.79 Å². The predicted octanol–water partition coefficient (Wildman–Crippen LogP) is 1.25. The third-order valence-corrected chi connectivity index (χ3v) is 1.93. The quantitative estimate of drug-likeness (QED) is 0.619. The smallest absolute Gasteiger partial charge is 0.323 e. The zero-order valence-electron chi connectivity index (χ0n) is 8.38. The van der Waals surface area contributed by atoms with E-state index in [9.17, 15) is 19.3 Å². The molecule has 0 saturated carbocycles. The molecule has 86 valence electrons. The number of hydrogen-bond acceptors (Lipinski definition) is 4. The molecule has 7 heteroatoms. The molecule has 0 unspecified atom stereocenters.